The van der Waals surface area contributed by atoms with Gasteiger partial charge in [-0.15, -0.1) is 45.8 Å². The Morgan fingerprint density at radius 3 is 0.885 bits per heavy atom. The molecule has 61 heavy (non-hydrogen) atoms. The van der Waals surface area contributed by atoms with Crippen molar-refractivity contribution in [2.75, 3.05) is 45.8 Å². The second kappa shape index (κ2) is 51.5. The zero-order valence-electron chi connectivity index (χ0n) is 32.8. The van der Waals surface area contributed by atoms with Crippen molar-refractivity contribution >= 4 is 0 Å². The van der Waals surface area contributed by atoms with Gasteiger partial charge >= 0.3 is 33.0 Å². The van der Waals surface area contributed by atoms with Crippen LogP contribution in [-0.2, 0) is 115 Å². The summed E-state index contributed by atoms with van der Waals surface area (Å²) in [6.07, 6.45) is 8.13. The van der Waals surface area contributed by atoms with E-state index in [1.54, 1.807) is 0 Å². The van der Waals surface area contributed by atoms with E-state index in [4.69, 9.17) is 40.9 Å². The molecule has 0 unspecified atom stereocenters. The first-order valence-electron chi connectivity index (χ1n) is 16.7. The topological polar surface area (TPSA) is 411 Å². The van der Waals surface area contributed by atoms with Gasteiger partial charge in [0.05, 0.1) is 0 Å². The molecule has 3 fully saturated rings. The molecule has 0 saturated carbocycles. The van der Waals surface area contributed by atoms with E-state index in [0.717, 1.165) is 63.6 Å². The number of hydrogen-bond acceptors (Lipinski definition) is 8. The fourth-order valence-electron chi connectivity index (χ4n) is 5.98. The zero-order valence-corrected chi connectivity index (χ0v) is 39.7. The van der Waals surface area contributed by atoms with Crippen molar-refractivity contribution in [3.63, 3.8) is 0 Å². The van der Waals surface area contributed by atoms with Crippen LogP contribution in [0.1, 0.15) is 85.9 Å². The van der Waals surface area contributed by atoms with Crippen LogP contribution in [-0.4, -0.2) is 109 Å². The Morgan fingerprint density at radius 1 is 0.426 bits per heavy atom. The van der Waals surface area contributed by atoms with Gasteiger partial charge in [0.1, 0.15) is 0 Å². The first-order valence-corrected chi connectivity index (χ1v) is 16.7. The zero-order chi connectivity index (χ0) is 34.7. The maximum absolute atomic E-state index is 8.68. The van der Waals surface area contributed by atoms with Gasteiger partial charge in [0.2, 0.25) is 0 Å². The van der Waals surface area contributed by atoms with E-state index >= 15 is 0 Å². The van der Waals surface area contributed by atoms with Gasteiger partial charge in [-0.05, 0) is 17.8 Å². The summed E-state index contributed by atoms with van der Waals surface area (Å²) >= 11 is 0. The fourth-order valence-corrected chi connectivity index (χ4v) is 5.98. The fraction of sp³-hybridized carbons (Fsp3) is 0.556. The maximum atomic E-state index is 8.68. The third-order valence-electron chi connectivity index (χ3n) is 8.91. The largest absolute Gasteiger partial charge is 2.00 e. The molecule has 2 aromatic rings. The van der Waals surface area contributed by atoms with Crippen molar-refractivity contribution in [1.29, 1.82) is 0 Å². The molecule has 4 aliphatic rings. The molecule has 25 heteroatoms. The van der Waals surface area contributed by atoms with Crippen molar-refractivity contribution in [1.82, 2.24) is 0 Å². The van der Waals surface area contributed by atoms with Crippen LogP contribution in [0, 0.1) is 17.8 Å². The van der Waals surface area contributed by atoms with Crippen molar-refractivity contribution < 1.29 is 178 Å². The SMILES string of the molecule is C1=CC(C2CC[N-]CC2)=CC[N-]1.C1CC(C2CC[N-]CC2)CC[N-]1.O.O.O.O.OC(O)c1ccc(C(O)O)cc1.OC(O)c1ccc(C(O)O)cc1.[NH2-].[NH2-].[Ni+2].[Ni+2].[Ni].[Ni].[Ni].[Ni].[Ni]. The summed E-state index contributed by atoms with van der Waals surface area (Å²) in [6, 6.07) is 11.3. The van der Waals surface area contributed by atoms with Crippen LogP contribution in [0.15, 0.2) is 72.5 Å². The number of nitrogens with zero attached hydrogens (tertiary/aromatic N) is 4. The number of nitrogens with two attached hydrogens (primary N) is 2. The molecule has 18 nitrogen and oxygen atoms in total. The van der Waals surface area contributed by atoms with Crippen LogP contribution in [0.5, 0.6) is 0 Å². The average molecular weight is 1180 g/mol. The van der Waals surface area contributed by atoms with Gasteiger partial charge in [-0.2, -0.15) is 6.20 Å². The third kappa shape index (κ3) is 35.4. The minimum Gasteiger partial charge on any atom is -0.693 e. The van der Waals surface area contributed by atoms with Gasteiger partial charge in [-0.3, -0.25) is 0 Å². The first-order chi connectivity index (χ1) is 23.2. The molecule has 0 aromatic heterocycles. The van der Waals surface area contributed by atoms with E-state index in [1.165, 1.54) is 92.6 Å². The molecule has 2 aromatic carbocycles. The predicted octanol–water partition coefficient (Wildman–Crippen LogP) is 2.58. The summed E-state index contributed by atoms with van der Waals surface area (Å²) in [5, 5.41) is 86.8. The molecule has 0 spiro atoms. The molecule has 0 radical (unpaired) electrons. The first kappa shape index (κ1) is 88.3. The number of aliphatic hydroxyl groups excluding tert-OH is 4. The number of allylic oxidation sites excluding steroid dienone is 2. The molecule has 4 aliphatic heterocycles. The Hall–Kier alpha value is 0.495. The normalized spacial score (nSPS) is 15.0. The van der Waals surface area contributed by atoms with Crippen molar-refractivity contribution in [3.8, 4) is 0 Å². The van der Waals surface area contributed by atoms with Crippen LogP contribution < -0.4 is 0 Å². The van der Waals surface area contributed by atoms with Gasteiger partial charge in [-0.1, -0.05) is 105 Å². The van der Waals surface area contributed by atoms with Crippen LogP contribution in [0.2, 0.25) is 0 Å². The number of piperidine rings is 3. The Kier molecular flexibility index (Phi) is 74.5. The molecule has 4 heterocycles. The molecule has 0 aliphatic carbocycles. The van der Waals surface area contributed by atoms with Gasteiger partial charge in [0.25, 0.3) is 0 Å². The van der Waals surface area contributed by atoms with E-state index in [-0.39, 0.29) is 150 Å². The summed E-state index contributed by atoms with van der Waals surface area (Å²) < 4.78 is 0. The molecule has 0 atom stereocenters. The summed E-state index contributed by atoms with van der Waals surface area (Å²) in [7, 11) is 0. The molecule has 6 rings (SSSR count). The Balaban J connectivity index is -0.0000000567. The predicted molar refractivity (Wildman–Crippen MR) is 210 cm³/mol. The summed E-state index contributed by atoms with van der Waals surface area (Å²) in [4.78, 5) is 0. The molecule has 0 amide bonds. The van der Waals surface area contributed by atoms with Crippen LogP contribution in [0.25, 0.3) is 33.6 Å². The minimum absolute atomic E-state index is 0. The molecule has 382 valence electrons. The second-order valence-corrected chi connectivity index (χ2v) is 12.2. The molecule has 20 N–H and O–H groups in total. The second-order valence-electron chi connectivity index (χ2n) is 12.2. The van der Waals surface area contributed by atoms with E-state index in [2.05, 4.69) is 33.4 Å². The van der Waals surface area contributed by atoms with Crippen LogP contribution in [0.4, 0.5) is 0 Å². The third-order valence-corrected chi connectivity index (χ3v) is 8.91. The van der Waals surface area contributed by atoms with E-state index in [9.17, 15) is 0 Å². The molecule has 3 saturated heterocycles. The quantitative estimate of drug-likeness (QED) is 0.157. The van der Waals surface area contributed by atoms with E-state index < -0.39 is 25.2 Å². The van der Waals surface area contributed by atoms with Crippen LogP contribution >= 0.6 is 0 Å². The number of benzene rings is 2. The summed E-state index contributed by atoms with van der Waals surface area (Å²) in [6.45, 7) is 7.46. The number of aliphatic hydroxyl groups is 8. The van der Waals surface area contributed by atoms with Crippen LogP contribution in [0.3, 0.4) is 0 Å². The van der Waals surface area contributed by atoms with Gasteiger partial charge in [0, 0.05) is 105 Å². The van der Waals surface area contributed by atoms with Crippen molar-refractivity contribution in [2.24, 2.45) is 17.8 Å². The number of hydrogen-bond donors (Lipinski definition) is 8. The minimum atomic E-state index is -1.52. The summed E-state index contributed by atoms with van der Waals surface area (Å²) in [5.74, 6) is 2.73. The maximum Gasteiger partial charge on any atom is 2.00 e. The average Bonchev–Trinajstić information content (AvgIpc) is 3.14. The number of rotatable bonds is 6. The Bertz CT molecular complexity index is 1110. The molecular formula is C36H64N6Ni7O12-2. The van der Waals surface area contributed by atoms with E-state index in [1.807, 2.05) is 6.20 Å². The molecule has 0 bridgehead atoms. The summed E-state index contributed by atoms with van der Waals surface area (Å²) in [5.41, 5.74) is 2.76. The van der Waals surface area contributed by atoms with Gasteiger partial charge in [0.15, 0.2) is 25.2 Å². The monoisotopic (exact) mass is 1180 g/mol. The Morgan fingerprint density at radius 2 is 0.672 bits per heavy atom. The Labute approximate surface area is 430 Å². The standard InChI is InChI=1S/C10H18N2.C10H14N2.2C8H10O4.2H2N.7Ni.4H2O/c2*1-5-11-6-2-9(1)10-3-7-12-8-4-10;2*9-7(10)5-1-2-6(4-3-5)8(11)12;;;;;;;;;;;;;/h9-10H,1-8H2;1-2,5,10H,3-4,6-8H2;2*1-4,7-12H;2*1H2;;;;;;;;4*1H2/q2*-2;;;2*-1;;;;;;2*+2;;;;. The van der Waals surface area contributed by atoms with Gasteiger partial charge < -0.3 is 96.3 Å². The molecular weight excluding hydrogens is 1120 g/mol. The van der Waals surface area contributed by atoms with Crippen molar-refractivity contribution in [3.05, 3.63) is 128 Å². The van der Waals surface area contributed by atoms with Crippen molar-refractivity contribution in [2.45, 2.75) is 63.7 Å². The van der Waals surface area contributed by atoms with E-state index in [0.29, 0.717) is 22.3 Å². The smallest absolute Gasteiger partial charge is 0.693 e. The van der Waals surface area contributed by atoms with Gasteiger partial charge in [-0.25, -0.2) is 0 Å².